The van der Waals surface area contributed by atoms with Gasteiger partial charge < -0.3 is 34.9 Å². The monoisotopic (exact) mass is 607 g/mol. The van der Waals surface area contributed by atoms with E-state index >= 15 is 0 Å². The molecule has 0 saturated carbocycles. The average Bonchev–Trinajstić information content (AvgIpc) is 2.86. The summed E-state index contributed by atoms with van der Waals surface area (Å²) in [4.78, 5) is 46.9. The Hall–Kier alpha value is -3.74. The summed E-state index contributed by atoms with van der Waals surface area (Å²) in [6, 6.07) is 7.47. The third-order valence-corrected chi connectivity index (χ3v) is 5.53. The molecule has 1 aromatic rings. The average molecular weight is 608 g/mol. The van der Waals surface area contributed by atoms with Crippen molar-refractivity contribution in [3.8, 4) is 5.75 Å². The van der Waals surface area contributed by atoms with E-state index in [0.29, 0.717) is 37.9 Å². The molecule has 13 heteroatoms. The largest absolute Gasteiger partial charge is 0.490 e. The van der Waals surface area contributed by atoms with E-state index < -0.39 is 40.6 Å². The third kappa shape index (κ3) is 13.9. The summed E-state index contributed by atoms with van der Waals surface area (Å²) in [6.07, 6.45) is -1.30. The molecule has 0 bridgehead atoms. The lowest BCUT2D eigenvalue weighted by atomic mass is 9.98. The number of rotatable bonds is 10. The van der Waals surface area contributed by atoms with E-state index in [0.717, 1.165) is 5.56 Å². The fourth-order valence-electron chi connectivity index (χ4n) is 3.57. The van der Waals surface area contributed by atoms with Crippen molar-refractivity contribution in [2.45, 2.75) is 97.6 Å². The van der Waals surface area contributed by atoms with Crippen molar-refractivity contribution in [2.24, 2.45) is 4.99 Å². The fourth-order valence-corrected chi connectivity index (χ4v) is 3.57. The van der Waals surface area contributed by atoms with Crippen LogP contribution >= 0.6 is 0 Å². The van der Waals surface area contributed by atoms with Crippen LogP contribution in [0, 0.1) is 0 Å². The molecular formula is C30H49N5O8. The van der Waals surface area contributed by atoms with Crippen LogP contribution in [0.15, 0.2) is 29.3 Å². The molecule has 242 valence electrons. The summed E-state index contributed by atoms with van der Waals surface area (Å²) in [6.45, 7) is 19.2. The predicted octanol–water partition coefficient (Wildman–Crippen LogP) is 3.78. The number of carbonyl (C=O) groups is 3. The number of carbonyl (C=O) groups excluding carboxylic acids is 3. The van der Waals surface area contributed by atoms with Gasteiger partial charge >= 0.3 is 18.2 Å². The number of benzene rings is 1. The number of esters is 1. The van der Waals surface area contributed by atoms with Gasteiger partial charge in [-0.1, -0.05) is 12.1 Å². The summed E-state index contributed by atoms with van der Waals surface area (Å²) in [5.41, 5.74) is -0.481. The Balaban J connectivity index is 1.91. The Morgan fingerprint density at radius 1 is 0.837 bits per heavy atom. The van der Waals surface area contributed by atoms with Crippen molar-refractivity contribution < 1.29 is 38.2 Å². The second kappa shape index (κ2) is 14.6. The molecule has 0 radical (unpaired) electrons. The zero-order chi connectivity index (χ0) is 32.5. The molecule has 1 aliphatic heterocycles. The molecule has 4 N–H and O–H groups in total. The lowest BCUT2D eigenvalue weighted by Crippen LogP contribution is -2.52. The molecule has 2 amide bonds. The quantitative estimate of drug-likeness (QED) is 0.134. The minimum absolute atomic E-state index is 0.146. The molecule has 43 heavy (non-hydrogen) atoms. The molecule has 2 rings (SSSR count). The second-order valence-corrected chi connectivity index (χ2v) is 13.4. The highest BCUT2D eigenvalue weighted by Crippen LogP contribution is 2.24. The summed E-state index contributed by atoms with van der Waals surface area (Å²) < 4.78 is 21.8. The number of nitrogens with zero attached hydrogens (tertiary/aromatic N) is 1. The Kier molecular flexibility index (Phi) is 12.1. The summed E-state index contributed by atoms with van der Waals surface area (Å²) >= 11 is 0. The van der Waals surface area contributed by atoms with Crippen molar-refractivity contribution in [1.29, 1.82) is 0 Å². The maximum atomic E-state index is 13.0. The van der Waals surface area contributed by atoms with Crippen LogP contribution in [0.5, 0.6) is 5.75 Å². The molecule has 13 nitrogen and oxygen atoms in total. The molecule has 0 aromatic heterocycles. The number of nitrogens with one attached hydrogen (secondary N) is 4. The van der Waals surface area contributed by atoms with Crippen LogP contribution in [-0.2, 0) is 23.8 Å². The van der Waals surface area contributed by atoms with Gasteiger partial charge in [0.15, 0.2) is 5.96 Å². The Morgan fingerprint density at radius 2 is 1.42 bits per heavy atom. The normalized spacial score (nSPS) is 16.9. The van der Waals surface area contributed by atoms with Crippen molar-refractivity contribution in [3.63, 3.8) is 0 Å². The predicted molar refractivity (Wildman–Crippen MR) is 162 cm³/mol. The number of hydroxylamine groups is 1. The van der Waals surface area contributed by atoms with Gasteiger partial charge in [-0.05, 0) is 86.9 Å². The van der Waals surface area contributed by atoms with E-state index in [4.69, 9.17) is 23.8 Å². The van der Waals surface area contributed by atoms with E-state index in [9.17, 15) is 14.4 Å². The van der Waals surface area contributed by atoms with E-state index in [-0.39, 0.29) is 12.5 Å². The minimum Gasteiger partial charge on any atom is -0.490 e. The molecule has 2 atom stereocenters. The first-order valence-corrected chi connectivity index (χ1v) is 14.4. The van der Waals surface area contributed by atoms with Gasteiger partial charge in [-0.2, -0.15) is 5.48 Å². The fraction of sp³-hybridized carbons (Fsp3) is 0.667. The van der Waals surface area contributed by atoms with Gasteiger partial charge in [-0.25, -0.2) is 19.2 Å². The summed E-state index contributed by atoms with van der Waals surface area (Å²) in [5, 5.41) is 9.14. The van der Waals surface area contributed by atoms with Crippen molar-refractivity contribution in [2.75, 3.05) is 32.8 Å². The number of hydrogen-bond donors (Lipinski definition) is 4. The number of aliphatic imine (C=N–C) groups is 1. The van der Waals surface area contributed by atoms with E-state index in [1.54, 1.807) is 53.7 Å². The SMILES string of the molecule is CC(C)(C)OC(=O)NCCNC1=NCC(c2ccc(OC[C@](C)(ONC(=O)OC(C)(C)C)C(=O)OC(C)(C)C)cc2)CN1. The maximum Gasteiger partial charge on any atom is 0.431 e. The molecule has 1 heterocycles. The molecule has 0 spiro atoms. The highest BCUT2D eigenvalue weighted by atomic mass is 16.7. The van der Waals surface area contributed by atoms with Crippen LogP contribution in [0.4, 0.5) is 9.59 Å². The number of alkyl carbamates (subject to hydrolysis) is 1. The minimum atomic E-state index is -1.66. The smallest absolute Gasteiger partial charge is 0.431 e. The number of amides is 2. The number of hydrogen-bond acceptors (Lipinski definition) is 11. The molecule has 1 unspecified atom stereocenters. The van der Waals surface area contributed by atoms with Crippen LogP contribution < -0.4 is 26.2 Å². The number of ether oxygens (including phenoxy) is 4. The third-order valence-electron chi connectivity index (χ3n) is 5.53. The molecule has 1 aromatic carbocycles. The molecule has 1 aliphatic rings. The Labute approximate surface area is 254 Å². The Morgan fingerprint density at radius 3 is 1.95 bits per heavy atom. The molecule has 0 saturated heterocycles. The second-order valence-electron chi connectivity index (χ2n) is 13.4. The van der Waals surface area contributed by atoms with Gasteiger partial charge in [-0.3, -0.25) is 4.99 Å². The van der Waals surface area contributed by atoms with Gasteiger partial charge in [0.1, 0.15) is 29.2 Å². The first-order chi connectivity index (χ1) is 19.7. The zero-order valence-corrected chi connectivity index (χ0v) is 27.1. The highest BCUT2D eigenvalue weighted by Gasteiger charge is 2.41. The summed E-state index contributed by atoms with van der Waals surface area (Å²) in [5.74, 6) is 0.617. The van der Waals surface area contributed by atoms with Crippen LogP contribution in [0.2, 0.25) is 0 Å². The van der Waals surface area contributed by atoms with Gasteiger partial charge in [0.2, 0.25) is 5.60 Å². The molecule has 0 fully saturated rings. The number of guanidine groups is 1. The van der Waals surface area contributed by atoms with Crippen molar-refractivity contribution >= 4 is 24.1 Å². The van der Waals surface area contributed by atoms with Gasteiger partial charge in [0, 0.05) is 25.6 Å². The molecule has 0 aliphatic carbocycles. The van der Waals surface area contributed by atoms with E-state index in [1.807, 2.05) is 32.9 Å². The lowest BCUT2D eigenvalue weighted by Gasteiger charge is -2.31. The van der Waals surface area contributed by atoms with Crippen molar-refractivity contribution in [1.82, 2.24) is 21.4 Å². The van der Waals surface area contributed by atoms with E-state index in [1.165, 1.54) is 6.92 Å². The zero-order valence-electron chi connectivity index (χ0n) is 27.1. The van der Waals surface area contributed by atoms with Crippen LogP contribution in [0.25, 0.3) is 0 Å². The summed E-state index contributed by atoms with van der Waals surface area (Å²) in [7, 11) is 0. The lowest BCUT2D eigenvalue weighted by molar-refractivity contribution is -0.194. The topological polar surface area (TPSA) is 158 Å². The standard InChI is InChI=1S/C30H49N5O8/c1-27(2,3)40-23(36)30(10,43-35-26(38)42-29(7,8)9)19-39-22-13-11-20(12-14-22)21-17-33-24(34-18-21)31-15-16-32-25(37)41-28(4,5)6/h11-14,21H,15-19H2,1-10H3,(H,32,37)(H,35,38)(H2,31,33,34)/t30-/m0/s1. The maximum absolute atomic E-state index is 13.0. The van der Waals surface area contributed by atoms with Gasteiger partial charge in [0.05, 0.1) is 6.54 Å². The van der Waals surface area contributed by atoms with Crippen LogP contribution in [-0.4, -0.2) is 79.3 Å². The van der Waals surface area contributed by atoms with Crippen LogP contribution in [0.3, 0.4) is 0 Å². The van der Waals surface area contributed by atoms with Gasteiger partial charge in [-0.15, -0.1) is 0 Å². The first-order valence-electron chi connectivity index (χ1n) is 14.4. The van der Waals surface area contributed by atoms with Gasteiger partial charge in [0.25, 0.3) is 0 Å². The van der Waals surface area contributed by atoms with Crippen molar-refractivity contribution in [3.05, 3.63) is 29.8 Å². The highest BCUT2D eigenvalue weighted by molar-refractivity contribution is 5.81. The first kappa shape index (κ1) is 35.5. The molecular weight excluding hydrogens is 558 g/mol. The van der Waals surface area contributed by atoms with E-state index in [2.05, 4.69) is 26.4 Å². The Bertz CT molecular complexity index is 1120. The van der Waals surface area contributed by atoms with Crippen LogP contribution in [0.1, 0.15) is 80.7 Å².